The van der Waals surface area contributed by atoms with Crippen LogP contribution in [0, 0.1) is 6.92 Å². The van der Waals surface area contributed by atoms with E-state index in [1.165, 1.54) is 35.2 Å². The number of anilines is 1. The molecule has 42 heavy (non-hydrogen) atoms. The molecule has 0 bridgehead atoms. The maximum absolute atomic E-state index is 14.0. The van der Waals surface area contributed by atoms with Crippen LogP contribution < -0.4 is 9.62 Å². The molecule has 0 radical (unpaired) electrons. The molecule has 0 saturated heterocycles. The summed E-state index contributed by atoms with van der Waals surface area (Å²) in [6, 6.07) is 17.4. The quantitative estimate of drug-likeness (QED) is 0.245. The standard InChI is InChI=1S/C31H36F3N3O4S/c1-4-6-19-35-30(39)28(5-2)36(21-24-17-15-23(3)16-18-24)29(38)22-37(42(40,41)27-13-8-7-9-14-27)26-12-10-11-25(20-26)31(32,33)34/h7-18,20,28H,4-6,19,21-22H2,1-3H3,(H,35,39)/t28-/m1/s1. The van der Waals surface area contributed by atoms with Gasteiger partial charge in [0.1, 0.15) is 12.6 Å². The number of amides is 2. The van der Waals surface area contributed by atoms with Gasteiger partial charge in [0.05, 0.1) is 16.1 Å². The van der Waals surface area contributed by atoms with Crippen LogP contribution in [0.2, 0.25) is 0 Å². The number of hydrogen-bond donors (Lipinski definition) is 1. The highest BCUT2D eigenvalue weighted by atomic mass is 32.2. The van der Waals surface area contributed by atoms with Gasteiger partial charge < -0.3 is 10.2 Å². The summed E-state index contributed by atoms with van der Waals surface area (Å²) < 4.78 is 69.0. The van der Waals surface area contributed by atoms with Gasteiger partial charge >= 0.3 is 6.18 Å². The number of benzene rings is 3. The Kier molecular flexibility index (Phi) is 11.2. The molecule has 11 heteroatoms. The second kappa shape index (κ2) is 14.4. The minimum atomic E-state index is -4.73. The Balaban J connectivity index is 2.08. The monoisotopic (exact) mass is 603 g/mol. The van der Waals surface area contributed by atoms with Crippen molar-refractivity contribution in [2.45, 2.75) is 63.7 Å². The fourth-order valence-corrected chi connectivity index (χ4v) is 5.83. The van der Waals surface area contributed by atoms with E-state index in [1.54, 1.807) is 13.0 Å². The zero-order chi connectivity index (χ0) is 30.9. The van der Waals surface area contributed by atoms with Crippen molar-refractivity contribution in [3.05, 3.63) is 95.6 Å². The fraction of sp³-hybridized carbons (Fsp3) is 0.355. The second-order valence-electron chi connectivity index (χ2n) is 9.95. The summed E-state index contributed by atoms with van der Waals surface area (Å²) in [7, 11) is -4.48. The minimum Gasteiger partial charge on any atom is -0.354 e. The average Bonchev–Trinajstić information content (AvgIpc) is 2.96. The third kappa shape index (κ3) is 8.34. The summed E-state index contributed by atoms with van der Waals surface area (Å²) in [4.78, 5) is 28.3. The lowest BCUT2D eigenvalue weighted by molar-refractivity contribution is -0.140. The van der Waals surface area contributed by atoms with Gasteiger partial charge in [0.2, 0.25) is 11.8 Å². The highest BCUT2D eigenvalue weighted by Gasteiger charge is 2.35. The number of halogens is 3. The lowest BCUT2D eigenvalue weighted by Gasteiger charge is -2.33. The summed E-state index contributed by atoms with van der Waals surface area (Å²) >= 11 is 0. The number of aryl methyl sites for hydroxylation is 1. The number of nitrogens with one attached hydrogen (secondary N) is 1. The van der Waals surface area contributed by atoms with Gasteiger partial charge in [0.25, 0.3) is 10.0 Å². The molecular weight excluding hydrogens is 567 g/mol. The van der Waals surface area contributed by atoms with Crippen LogP contribution in [0.25, 0.3) is 0 Å². The first-order chi connectivity index (χ1) is 19.9. The van der Waals surface area contributed by atoms with Crippen molar-refractivity contribution in [1.29, 1.82) is 0 Å². The summed E-state index contributed by atoms with van der Waals surface area (Å²) in [5, 5.41) is 2.84. The smallest absolute Gasteiger partial charge is 0.354 e. The van der Waals surface area contributed by atoms with Crippen molar-refractivity contribution in [3.8, 4) is 0 Å². The van der Waals surface area contributed by atoms with Crippen molar-refractivity contribution in [3.63, 3.8) is 0 Å². The number of nitrogens with zero attached hydrogens (tertiary/aromatic N) is 2. The van der Waals surface area contributed by atoms with E-state index in [0.717, 1.165) is 30.5 Å². The van der Waals surface area contributed by atoms with Gasteiger partial charge in [-0.15, -0.1) is 0 Å². The normalized spacial score (nSPS) is 12.4. The first-order valence-electron chi connectivity index (χ1n) is 13.8. The number of carbonyl (C=O) groups is 2. The molecule has 226 valence electrons. The van der Waals surface area contributed by atoms with Crippen LogP contribution >= 0.6 is 0 Å². The summed E-state index contributed by atoms with van der Waals surface area (Å²) in [5.41, 5.74) is 0.327. The first kappa shape index (κ1) is 32.7. The largest absolute Gasteiger partial charge is 0.416 e. The Bertz CT molecular complexity index is 1450. The first-order valence-corrected chi connectivity index (χ1v) is 15.2. The molecule has 0 aliphatic carbocycles. The molecule has 0 saturated carbocycles. The van der Waals surface area contributed by atoms with Crippen molar-refractivity contribution in [2.24, 2.45) is 0 Å². The number of hydrogen-bond acceptors (Lipinski definition) is 4. The molecule has 1 N–H and O–H groups in total. The van der Waals surface area contributed by atoms with Crippen LogP contribution in [0.4, 0.5) is 18.9 Å². The molecule has 0 aliphatic heterocycles. The third-order valence-electron chi connectivity index (χ3n) is 6.76. The van der Waals surface area contributed by atoms with Gasteiger partial charge in [-0.05, 0) is 55.7 Å². The predicted molar refractivity (Wildman–Crippen MR) is 156 cm³/mol. The average molecular weight is 604 g/mol. The summed E-state index contributed by atoms with van der Waals surface area (Å²) in [6.45, 7) is 5.22. The maximum atomic E-state index is 14.0. The molecule has 2 amide bonds. The highest BCUT2D eigenvalue weighted by molar-refractivity contribution is 7.92. The number of rotatable bonds is 13. The summed E-state index contributed by atoms with van der Waals surface area (Å²) in [6.07, 6.45) is -2.90. The zero-order valence-corrected chi connectivity index (χ0v) is 24.7. The highest BCUT2D eigenvalue weighted by Crippen LogP contribution is 2.33. The van der Waals surface area contributed by atoms with Crippen LogP contribution in [-0.4, -0.2) is 44.3 Å². The Morgan fingerprint density at radius 3 is 2.19 bits per heavy atom. The molecular formula is C31H36F3N3O4S. The number of carbonyl (C=O) groups excluding carboxylic acids is 2. The molecule has 0 spiro atoms. The van der Waals surface area contributed by atoms with E-state index in [9.17, 15) is 31.2 Å². The fourth-order valence-electron chi connectivity index (χ4n) is 4.40. The van der Waals surface area contributed by atoms with Crippen molar-refractivity contribution in [1.82, 2.24) is 10.2 Å². The SMILES string of the molecule is CCCCNC(=O)[C@@H](CC)N(Cc1ccc(C)cc1)C(=O)CN(c1cccc(C(F)(F)F)c1)S(=O)(=O)c1ccccc1. The van der Waals surface area contributed by atoms with Crippen molar-refractivity contribution >= 4 is 27.5 Å². The number of alkyl halides is 3. The van der Waals surface area contributed by atoms with Crippen LogP contribution in [0.3, 0.4) is 0 Å². The third-order valence-corrected chi connectivity index (χ3v) is 8.55. The van der Waals surface area contributed by atoms with E-state index < -0.39 is 40.3 Å². The number of sulfonamides is 1. The van der Waals surface area contributed by atoms with Gasteiger partial charge in [-0.3, -0.25) is 13.9 Å². The lowest BCUT2D eigenvalue weighted by atomic mass is 10.1. The van der Waals surface area contributed by atoms with Crippen LogP contribution in [0.5, 0.6) is 0 Å². The Morgan fingerprint density at radius 2 is 1.60 bits per heavy atom. The minimum absolute atomic E-state index is 0.000628. The molecule has 0 fully saturated rings. The van der Waals surface area contributed by atoms with Gasteiger partial charge in [-0.1, -0.05) is 74.4 Å². The van der Waals surface area contributed by atoms with E-state index in [0.29, 0.717) is 22.5 Å². The van der Waals surface area contributed by atoms with Crippen molar-refractivity contribution in [2.75, 3.05) is 17.4 Å². The van der Waals surface area contributed by atoms with Gasteiger partial charge in [-0.25, -0.2) is 8.42 Å². The zero-order valence-electron chi connectivity index (χ0n) is 23.9. The van der Waals surface area contributed by atoms with E-state index >= 15 is 0 Å². The molecule has 0 unspecified atom stereocenters. The Morgan fingerprint density at radius 1 is 0.929 bits per heavy atom. The van der Waals surface area contributed by atoms with E-state index in [1.807, 2.05) is 38.1 Å². The van der Waals surface area contributed by atoms with E-state index in [4.69, 9.17) is 0 Å². The van der Waals surface area contributed by atoms with Gasteiger partial charge in [0, 0.05) is 13.1 Å². The molecule has 3 aromatic rings. The van der Waals surface area contributed by atoms with Crippen LogP contribution in [-0.2, 0) is 32.3 Å². The molecule has 1 atom stereocenters. The van der Waals surface area contributed by atoms with E-state index in [-0.39, 0.29) is 29.5 Å². The second-order valence-corrected chi connectivity index (χ2v) is 11.8. The molecule has 7 nitrogen and oxygen atoms in total. The van der Waals surface area contributed by atoms with Crippen LogP contribution in [0.15, 0.2) is 83.8 Å². The van der Waals surface area contributed by atoms with E-state index in [2.05, 4.69) is 5.32 Å². The molecule has 0 heterocycles. The molecule has 0 aliphatic rings. The summed E-state index contributed by atoms with van der Waals surface area (Å²) in [5.74, 6) is -1.12. The molecule has 0 aromatic heterocycles. The maximum Gasteiger partial charge on any atom is 0.416 e. The lowest BCUT2D eigenvalue weighted by Crippen LogP contribution is -2.52. The van der Waals surface area contributed by atoms with Crippen LogP contribution in [0.1, 0.15) is 49.8 Å². The van der Waals surface area contributed by atoms with Crippen molar-refractivity contribution < 1.29 is 31.2 Å². The topological polar surface area (TPSA) is 86.8 Å². The van der Waals surface area contributed by atoms with Gasteiger partial charge in [-0.2, -0.15) is 13.2 Å². The van der Waals surface area contributed by atoms with Gasteiger partial charge in [0.15, 0.2) is 0 Å². The Hall–Kier alpha value is -3.86. The Labute approximate surface area is 245 Å². The number of unbranched alkanes of at least 4 members (excludes halogenated alkanes) is 1. The molecule has 3 rings (SSSR count). The molecule has 3 aromatic carbocycles. The predicted octanol–water partition coefficient (Wildman–Crippen LogP) is 5.93.